The minimum Gasteiger partial charge on any atom is -0.296 e. The first-order chi connectivity index (χ1) is 8.36. The van der Waals surface area contributed by atoms with Gasteiger partial charge in [-0.1, -0.05) is 12.2 Å². The van der Waals surface area contributed by atoms with Crippen LogP contribution in [0.5, 0.6) is 0 Å². The Balaban J connectivity index is 2.27. The van der Waals surface area contributed by atoms with Crippen LogP contribution in [0.15, 0.2) is 17.2 Å². The van der Waals surface area contributed by atoms with E-state index in [0.29, 0.717) is 11.3 Å². The molecular formula is C8H5F3N4OS2. The average molecular weight is 294 g/mol. The van der Waals surface area contributed by atoms with E-state index in [0.717, 1.165) is 10.9 Å². The van der Waals surface area contributed by atoms with Gasteiger partial charge in [-0.3, -0.25) is 4.98 Å². The highest BCUT2D eigenvalue weighted by Crippen LogP contribution is 2.32. The monoisotopic (exact) mass is 294 g/mol. The average Bonchev–Trinajstić information content (AvgIpc) is 2.70. The first kappa shape index (κ1) is 12.9. The van der Waals surface area contributed by atoms with Crippen molar-refractivity contribution in [3.8, 4) is 0 Å². The molecule has 2 rings (SSSR count). The van der Waals surface area contributed by atoms with E-state index in [1.54, 1.807) is 0 Å². The normalized spacial score (nSPS) is 11.7. The molecule has 96 valence electrons. The smallest absolute Gasteiger partial charge is 0.296 e. The van der Waals surface area contributed by atoms with E-state index in [2.05, 4.69) is 27.3 Å². The summed E-state index contributed by atoms with van der Waals surface area (Å²) in [6, 6.07) is 0. The van der Waals surface area contributed by atoms with Crippen LogP contribution in [0.3, 0.4) is 0 Å². The van der Waals surface area contributed by atoms with E-state index in [1.807, 2.05) is 0 Å². The number of halogens is 3. The van der Waals surface area contributed by atoms with Crippen molar-refractivity contribution >= 4 is 23.6 Å². The molecule has 0 bridgehead atoms. The van der Waals surface area contributed by atoms with Crippen molar-refractivity contribution in [1.29, 1.82) is 0 Å². The molecule has 2 heterocycles. The van der Waals surface area contributed by atoms with Crippen molar-refractivity contribution in [2.45, 2.75) is 12.7 Å². The Morgan fingerprint density at radius 1 is 1.44 bits per heavy atom. The van der Waals surface area contributed by atoms with Crippen LogP contribution >= 0.6 is 23.6 Å². The molecule has 1 N–H and O–H groups in total. The fraction of sp³-hybridized carbons (Fsp3) is 0.250. The number of alkyl halides is 3. The number of nitrogens with zero attached hydrogens (tertiary/aromatic N) is 3. The lowest BCUT2D eigenvalue weighted by molar-refractivity contribution is -0.137. The quantitative estimate of drug-likeness (QED) is 0.858. The summed E-state index contributed by atoms with van der Waals surface area (Å²) in [6.07, 6.45) is -2.16. The minimum absolute atomic E-state index is 0.0846. The van der Waals surface area contributed by atoms with Crippen LogP contribution in [-0.4, -0.2) is 19.7 Å². The first-order valence-corrected chi connectivity index (χ1v) is 5.77. The van der Waals surface area contributed by atoms with Crippen LogP contribution in [0.4, 0.5) is 13.2 Å². The maximum absolute atomic E-state index is 12.3. The van der Waals surface area contributed by atoms with Crippen molar-refractivity contribution in [2.24, 2.45) is 0 Å². The maximum atomic E-state index is 12.3. The summed E-state index contributed by atoms with van der Waals surface area (Å²) in [7, 11) is 0. The Labute approximate surface area is 107 Å². The van der Waals surface area contributed by atoms with E-state index in [4.69, 9.17) is 0 Å². The summed E-state index contributed by atoms with van der Waals surface area (Å²) in [6.45, 7) is -0.0846. The molecule has 0 aliphatic heterocycles. The lowest BCUT2D eigenvalue weighted by atomic mass is 10.5. The second kappa shape index (κ2) is 4.61. The second-order valence-electron chi connectivity index (χ2n) is 3.23. The molecule has 0 saturated carbocycles. The fourth-order valence-electron chi connectivity index (χ4n) is 1.15. The van der Waals surface area contributed by atoms with Gasteiger partial charge in [0.1, 0.15) is 4.64 Å². The number of nitrogens with one attached hydrogen (secondary N) is 1. The second-order valence-corrected chi connectivity index (χ2v) is 4.78. The third-order valence-electron chi connectivity index (χ3n) is 1.88. The van der Waals surface area contributed by atoms with Gasteiger partial charge in [0.25, 0.3) is 0 Å². The summed E-state index contributed by atoms with van der Waals surface area (Å²) in [5, 5.41) is 2.76. The van der Waals surface area contributed by atoms with Crippen LogP contribution in [0.2, 0.25) is 0 Å². The number of rotatable bonds is 2. The van der Waals surface area contributed by atoms with E-state index < -0.39 is 16.9 Å². The molecule has 0 radical (unpaired) electrons. The van der Waals surface area contributed by atoms with E-state index in [9.17, 15) is 18.0 Å². The standard InChI is InChI=1S/C8H5F3N4OS2/c9-8(10,11)6-12-1-4(18-6)3-15-7(16)14-5(17)2-13-15/h1-2H,3H2,(H,14,16,17). The van der Waals surface area contributed by atoms with Gasteiger partial charge in [0, 0.05) is 11.1 Å². The molecule has 0 atom stereocenters. The molecule has 0 unspecified atom stereocenters. The molecule has 0 amide bonds. The zero-order chi connectivity index (χ0) is 13.3. The zero-order valence-electron chi connectivity index (χ0n) is 8.56. The molecule has 5 nitrogen and oxygen atoms in total. The number of aromatic nitrogens is 4. The van der Waals surface area contributed by atoms with Gasteiger partial charge in [0.2, 0.25) is 0 Å². The molecule has 0 saturated heterocycles. The first-order valence-electron chi connectivity index (χ1n) is 4.54. The van der Waals surface area contributed by atoms with Crippen molar-refractivity contribution in [3.05, 3.63) is 37.4 Å². The summed E-state index contributed by atoms with van der Waals surface area (Å²) in [5.74, 6) is 0. The Morgan fingerprint density at radius 2 is 2.17 bits per heavy atom. The topological polar surface area (TPSA) is 63.6 Å². The van der Waals surface area contributed by atoms with Gasteiger partial charge in [-0.2, -0.15) is 18.3 Å². The predicted molar refractivity (Wildman–Crippen MR) is 59.9 cm³/mol. The molecule has 2 aromatic heterocycles. The van der Waals surface area contributed by atoms with Crippen molar-refractivity contribution < 1.29 is 13.2 Å². The number of thiazole rings is 1. The van der Waals surface area contributed by atoms with Gasteiger partial charge in [0.05, 0.1) is 12.7 Å². The van der Waals surface area contributed by atoms with Gasteiger partial charge in [-0.15, -0.1) is 11.3 Å². The van der Waals surface area contributed by atoms with E-state index in [1.165, 1.54) is 6.20 Å². The predicted octanol–water partition coefficient (Wildman–Crippen LogP) is 1.82. The van der Waals surface area contributed by atoms with Crippen molar-refractivity contribution in [1.82, 2.24) is 19.7 Å². The van der Waals surface area contributed by atoms with E-state index in [-0.39, 0.29) is 16.1 Å². The Hall–Kier alpha value is -1.55. The Morgan fingerprint density at radius 3 is 2.72 bits per heavy atom. The molecule has 0 aliphatic carbocycles. The largest absolute Gasteiger partial charge is 0.443 e. The molecule has 10 heteroatoms. The number of hydrogen-bond acceptors (Lipinski definition) is 5. The van der Waals surface area contributed by atoms with Crippen LogP contribution in [0, 0.1) is 4.64 Å². The zero-order valence-corrected chi connectivity index (χ0v) is 10.2. The molecule has 0 spiro atoms. The van der Waals surface area contributed by atoms with Crippen LogP contribution < -0.4 is 5.69 Å². The summed E-state index contributed by atoms with van der Waals surface area (Å²) >= 11 is 5.16. The third-order valence-corrected chi connectivity index (χ3v) is 3.11. The van der Waals surface area contributed by atoms with Gasteiger partial charge in [-0.25, -0.2) is 14.5 Å². The summed E-state index contributed by atoms with van der Waals surface area (Å²) in [4.78, 5) is 17.2. The molecule has 0 aromatic carbocycles. The minimum atomic E-state index is -4.47. The molecular weight excluding hydrogens is 289 g/mol. The highest BCUT2D eigenvalue weighted by atomic mass is 32.1. The van der Waals surface area contributed by atoms with E-state index >= 15 is 0 Å². The Kier molecular flexibility index (Phi) is 3.30. The molecule has 0 fully saturated rings. The van der Waals surface area contributed by atoms with Crippen molar-refractivity contribution in [2.75, 3.05) is 0 Å². The molecule has 0 aliphatic rings. The highest BCUT2D eigenvalue weighted by Gasteiger charge is 2.34. The van der Waals surface area contributed by atoms with Gasteiger partial charge in [-0.05, 0) is 0 Å². The molecule has 2 aromatic rings. The van der Waals surface area contributed by atoms with Crippen LogP contribution in [0.25, 0.3) is 0 Å². The van der Waals surface area contributed by atoms with Crippen LogP contribution in [-0.2, 0) is 12.7 Å². The lowest BCUT2D eigenvalue weighted by Crippen LogP contribution is -2.25. The van der Waals surface area contributed by atoms with Gasteiger partial charge < -0.3 is 0 Å². The SMILES string of the molecule is O=c1[nH]c(=S)cnn1Cc1cnc(C(F)(F)F)s1. The number of H-pyrrole nitrogens is 1. The number of hydrogen-bond donors (Lipinski definition) is 1. The maximum Gasteiger partial charge on any atom is 0.443 e. The third kappa shape index (κ3) is 2.82. The lowest BCUT2D eigenvalue weighted by Gasteiger charge is -2.00. The summed E-state index contributed by atoms with van der Waals surface area (Å²) < 4.78 is 38.1. The van der Waals surface area contributed by atoms with Crippen molar-refractivity contribution in [3.63, 3.8) is 0 Å². The van der Waals surface area contributed by atoms with Gasteiger partial charge >= 0.3 is 11.9 Å². The van der Waals surface area contributed by atoms with Gasteiger partial charge in [0.15, 0.2) is 5.01 Å². The highest BCUT2D eigenvalue weighted by molar-refractivity contribution is 7.71. The van der Waals surface area contributed by atoms with Crippen LogP contribution in [0.1, 0.15) is 9.88 Å². The Bertz CT molecular complexity index is 672. The fourth-order valence-corrected chi connectivity index (χ4v) is 2.04. The number of aromatic amines is 1. The summed E-state index contributed by atoms with van der Waals surface area (Å²) in [5.41, 5.74) is -0.579. The molecule has 18 heavy (non-hydrogen) atoms.